The van der Waals surface area contributed by atoms with Crippen LogP contribution in [0.1, 0.15) is 30.5 Å². The van der Waals surface area contributed by atoms with Gasteiger partial charge in [-0.15, -0.1) is 5.10 Å². The molecule has 0 saturated heterocycles. The summed E-state index contributed by atoms with van der Waals surface area (Å²) in [5.74, 6) is -0.832. The summed E-state index contributed by atoms with van der Waals surface area (Å²) < 4.78 is 56.0. The Morgan fingerprint density at radius 1 is 0.974 bits per heavy atom. The quantitative estimate of drug-likeness (QED) is 0.283. The van der Waals surface area contributed by atoms with Crippen LogP contribution < -0.4 is 11.0 Å². The van der Waals surface area contributed by atoms with Crippen LogP contribution in [0.5, 0.6) is 0 Å². The van der Waals surface area contributed by atoms with Crippen LogP contribution in [0.2, 0.25) is 5.02 Å². The highest BCUT2D eigenvalue weighted by atomic mass is 35.5. The van der Waals surface area contributed by atoms with Gasteiger partial charge in [-0.3, -0.25) is 9.36 Å². The molecule has 39 heavy (non-hydrogen) atoms. The Balaban J connectivity index is 1.56. The minimum atomic E-state index is -4.49. The van der Waals surface area contributed by atoms with Crippen molar-refractivity contribution in [1.29, 1.82) is 0 Å². The number of amides is 1. The molecule has 1 heterocycles. The number of halogens is 5. The van der Waals surface area contributed by atoms with Gasteiger partial charge >= 0.3 is 11.9 Å². The molecule has 0 aliphatic rings. The average Bonchev–Trinajstić information content (AvgIpc) is 3.19. The fraction of sp³-hybridized carbons (Fsp3) is 0.250. The van der Waals surface area contributed by atoms with Crippen molar-refractivity contribution in [3.8, 4) is 11.4 Å². The Bertz CT molecular complexity index is 1540. The molecule has 1 amide bonds. The van der Waals surface area contributed by atoms with Crippen LogP contribution in [-0.4, -0.2) is 26.8 Å². The van der Waals surface area contributed by atoms with Gasteiger partial charge in [-0.25, -0.2) is 13.9 Å². The molecule has 0 radical (unpaired) electrons. The lowest BCUT2D eigenvalue weighted by molar-refractivity contribution is -0.137. The summed E-state index contributed by atoms with van der Waals surface area (Å²) >= 11 is 5.99. The lowest BCUT2D eigenvalue weighted by Crippen LogP contribution is -2.40. The minimum absolute atomic E-state index is 0.0157. The second-order valence-corrected chi connectivity index (χ2v) is 10.1. The molecular weight excluding hydrogens is 536 g/mol. The van der Waals surface area contributed by atoms with Gasteiger partial charge in [0.25, 0.3) is 0 Å². The SMILES string of the molecule is CC(C)(CNC(=O)Cn1nc(-c2ccc(Cl)cc2)n(Cc2ccccc2F)c1=O)c1cccc(C(F)(F)F)c1. The fourth-order valence-electron chi connectivity index (χ4n) is 4.03. The Labute approximate surface area is 226 Å². The number of carbonyl (C=O) groups excluding carboxylic acids is 1. The molecule has 0 saturated carbocycles. The summed E-state index contributed by atoms with van der Waals surface area (Å²) in [7, 11) is 0. The van der Waals surface area contributed by atoms with Gasteiger partial charge < -0.3 is 5.32 Å². The predicted molar refractivity (Wildman–Crippen MR) is 140 cm³/mol. The van der Waals surface area contributed by atoms with Gasteiger partial charge in [0.2, 0.25) is 5.91 Å². The van der Waals surface area contributed by atoms with Crippen molar-refractivity contribution in [2.24, 2.45) is 0 Å². The maximum atomic E-state index is 14.4. The number of rotatable bonds is 8. The molecule has 0 fully saturated rings. The molecule has 204 valence electrons. The van der Waals surface area contributed by atoms with E-state index >= 15 is 0 Å². The van der Waals surface area contributed by atoms with E-state index in [2.05, 4.69) is 10.4 Å². The molecule has 11 heteroatoms. The third-order valence-corrected chi connectivity index (χ3v) is 6.56. The number of hydrogen-bond acceptors (Lipinski definition) is 3. The monoisotopic (exact) mass is 560 g/mol. The first kappa shape index (κ1) is 28.1. The molecule has 4 aromatic rings. The zero-order valence-electron chi connectivity index (χ0n) is 21.1. The van der Waals surface area contributed by atoms with Gasteiger partial charge in [0.05, 0.1) is 12.1 Å². The summed E-state index contributed by atoms with van der Waals surface area (Å²) in [4.78, 5) is 26.1. The molecule has 0 bridgehead atoms. The Kier molecular flexibility index (Phi) is 7.96. The van der Waals surface area contributed by atoms with Gasteiger partial charge in [0.15, 0.2) is 5.82 Å². The van der Waals surface area contributed by atoms with Gasteiger partial charge in [-0.1, -0.05) is 61.8 Å². The molecule has 0 aliphatic heterocycles. The molecule has 6 nitrogen and oxygen atoms in total. The first-order valence-electron chi connectivity index (χ1n) is 12.0. The van der Waals surface area contributed by atoms with Crippen molar-refractivity contribution in [2.75, 3.05) is 6.54 Å². The maximum Gasteiger partial charge on any atom is 0.416 e. The number of alkyl halides is 3. The Morgan fingerprint density at radius 3 is 2.31 bits per heavy atom. The zero-order chi connectivity index (χ0) is 28.4. The van der Waals surface area contributed by atoms with Crippen molar-refractivity contribution >= 4 is 17.5 Å². The second-order valence-electron chi connectivity index (χ2n) is 9.69. The van der Waals surface area contributed by atoms with Crippen molar-refractivity contribution in [2.45, 2.75) is 38.5 Å². The number of nitrogens with zero attached hydrogens (tertiary/aromatic N) is 3. The predicted octanol–water partition coefficient (Wildman–Crippen LogP) is 5.67. The minimum Gasteiger partial charge on any atom is -0.354 e. The van der Waals surface area contributed by atoms with E-state index in [0.29, 0.717) is 16.1 Å². The smallest absolute Gasteiger partial charge is 0.354 e. The molecular formula is C28H25ClF4N4O2. The van der Waals surface area contributed by atoms with Gasteiger partial charge in [-0.2, -0.15) is 13.2 Å². The van der Waals surface area contributed by atoms with Crippen LogP contribution in [0.15, 0.2) is 77.6 Å². The molecule has 0 spiro atoms. The van der Waals surface area contributed by atoms with E-state index in [-0.39, 0.29) is 24.5 Å². The van der Waals surface area contributed by atoms with Gasteiger partial charge in [0, 0.05) is 28.1 Å². The highest BCUT2D eigenvalue weighted by Gasteiger charge is 2.32. The Hall–Kier alpha value is -3.92. The van der Waals surface area contributed by atoms with Gasteiger partial charge in [-0.05, 0) is 42.0 Å². The normalized spacial score (nSPS) is 12.0. The van der Waals surface area contributed by atoms with Crippen molar-refractivity contribution in [1.82, 2.24) is 19.7 Å². The van der Waals surface area contributed by atoms with E-state index < -0.39 is 41.1 Å². The van der Waals surface area contributed by atoms with Crippen molar-refractivity contribution < 1.29 is 22.4 Å². The first-order chi connectivity index (χ1) is 18.3. The summed E-state index contributed by atoms with van der Waals surface area (Å²) in [6.45, 7) is 2.87. The van der Waals surface area contributed by atoms with Crippen LogP contribution in [0, 0.1) is 5.82 Å². The highest BCUT2D eigenvalue weighted by molar-refractivity contribution is 6.30. The summed E-state index contributed by atoms with van der Waals surface area (Å²) in [5.41, 5.74) is -1.04. The standard InChI is InChI=1S/C28H25ClF4N4O2/c1-27(2,20-7-5-8-21(14-20)28(31,32)33)17-34-24(38)16-37-26(39)36(15-19-6-3-4-9-23(19)30)25(35-37)18-10-12-22(29)13-11-18/h3-14H,15-17H2,1-2H3,(H,34,38). The van der Waals surface area contributed by atoms with Crippen LogP contribution in [-0.2, 0) is 29.5 Å². The van der Waals surface area contributed by atoms with Crippen LogP contribution in [0.3, 0.4) is 0 Å². The van der Waals surface area contributed by atoms with Crippen LogP contribution >= 0.6 is 11.6 Å². The molecule has 4 rings (SSSR count). The number of benzene rings is 3. The molecule has 0 unspecified atom stereocenters. The third-order valence-electron chi connectivity index (χ3n) is 6.30. The molecule has 0 atom stereocenters. The molecule has 1 aromatic heterocycles. The second kappa shape index (κ2) is 11.1. The van der Waals surface area contributed by atoms with E-state index in [1.807, 2.05) is 0 Å². The largest absolute Gasteiger partial charge is 0.416 e. The topological polar surface area (TPSA) is 68.9 Å². The zero-order valence-corrected chi connectivity index (χ0v) is 21.9. The number of carbonyl (C=O) groups is 1. The average molecular weight is 561 g/mol. The molecule has 1 N–H and O–H groups in total. The summed E-state index contributed by atoms with van der Waals surface area (Å²) in [6, 6.07) is 17.5. The lowest BCUT2D eigenvalue weighted by atomic mass is 9.83. The Morgan fingerprint density at radius 2 is 1.64 bits per heavy atom. The maximum absolute atomic E-state index is 14.4. The number of hydrogen-bond donors (Lipinski definition) is 1. The van der Waals surface area contributed by atoms with E-state index in [0.717, 1.165) is 16.8 Å². The lowest BCUT2D eigenvalue weighted by Gasteiger charge is -2.26. The fourth-order valence-corrected chi connectivity index (χ4v) is 4.15. The van der Waals surface area contributed by atoms with E-state index in [9.17, 15) is 27.2 Å². The van der Waals surface area contributed by atoms with Crippen LogP contribution in [0.25, 0.3) is 11.4 Å². The summed E-state index contributed by atoms with van der Waals surface area (Å²) in [5, 5.41) is 7.49. The third kappa shape index (κ3) is 6.57. The molecule has 0 aliphatic carbocycles. The van der Waals surface area contributed by atoms with E-state index in [1.165, 1.54) is 22.8 Å². The number of nitrogens with one attached hydrogen (secondary N) is 1. The van der Waals surface area contributed by atoms with E-state index in [4.69, 9.17) is 11.6 Å². The summed E-state index contributed by atoms with van der Waals surface area (Å²) in [6.07, 6.45) is -4.49. The molecule has 3 aromatic carbocycles. The van der Waals surface area contributed by atoms with E-state index in [1.54, 1.807) is 56.3 Å². The number of aromatic nitrogens is 3. The van der Waals surface area contributed by atoms with Crippen molar-refractivity contribution in [3.63, 3.8) is 0 Å². The highest BCUT2D eigenvalue weighted by Crippen LogP contribution is 2.32. The van der Waals surface area contributed by atoms with Gasteiger partial charge in [0.1, 0.15) is 12.4 Å². The van der Waals surface area contributed by atoms with Crippen LogP contribution in [0.4, 0.5) is 17.6 Å². The first-order valence-corrected chi connectivity index (χ1v) is 12.3. The van der Waals surface area contributed by atoms with Crippen molar-refractivity contribution in [3.05, 3.63) is 111 Å².